The van der Waals surface area contributed by atoms with E-state index < -0.39 is 0 Å². The molecule has 0 aliphatic rings. The fourth-order valence-electron chi connectivity index (χ4n) is 1.48. The summed E-state index contributed by atoms with van der Waals surface area (Å²) in [5.41, 5.74) is 0.712. The SMILES string of the molecule is CCCNCCc1c(Cl)cccc1[N+](=O)[O-]. The number of hydrogen-bond acceptors (Lipinski definition) is 3. The van der Waals surface area contributed by atoms with Crippen LogP contribution in [0.25, 0.3) is 0 Å². The smallest absolute Gasteiger partial charge is 0.274 e. The van der Waals surface area contributed by atoms with Crippen LogP contribution < -0.4 is 5.32 Å². The summed E-state index contributed by atoms with van der Waals surface area (Å²) in [5.74, 6) is 0. The molecule has 16 heavy (non-hydrogen) atoms. The maximum absolute atomic E-state index is 10.8. The molecule has 0 fully saturated rings. The van der Waals surface area contributed by atoms with E-state index in [1.54, 1.807) is 12.1 Å². The topological polar surface area (TPSA) is 55.2 Å². The Bertz CT molecular complexity index is 369. The maximum atomic E-state index is 10.8. The zero-order chi connectivity index (χ0) is 12.0. The van der Waals surface area contributed by atoms with Crippen molar-refractivity contribution in [3.8, 4) is 0 Å². The van der Waals surface area contributed by atoms with Crippen LogP contribution in [0, 0.1) is 10.1 Å². The monoisotopic (exact) mass is 242 g/mol. The number of nitrogens with one attached hydrogen (secondary N) is 1. The normalized spacial score (nSPS) is 10.4. The van der Waals surface area contributed by atoms with Crippen molar-refractivity contribution in [2.24, 2.45) is 0 Å². The highest BCUT2D eigenvalue weighted by atomic mass is 35.5. The summed E-state index contributed by atoms with van der Waals surface area (Å²) in [5, 5.41) is 14.5. The van der Waals surface area contributed by atoms with Gasteiger partial charge in [0.25, 0.3) is 5.69 Å². The predicted molar refractivity (Wildman–Crippen MR) is 65.0 cm³/mol. The van der Waals surface area contributed by atoms with Crippen LogP contribution in [-0.2, 0) is 6.42 Å². The zero-order valence-corrected chi connectivity index (χ0v) is 9.96. The summed E-state index contributed by atoms with van der Waals surface area (Å²) in [7, 11) is 0. The molecule has 0 aliphatic heterocycles. The molecule has 0 unspecified atom stereocenters. The molecular formula is C11H15ClN2O2. The van der Waals surface area contributed by atoms with Gasteiger partial charge in [0.2, 0.25) is 0 Å². The van der Waals surface area contributed by atoms with Crippen LogP contribution in [-0.4, -0.2) is 18.0 Å². The lowest BCUT2D eigenvalue weighted by molar-refractivity contribution is -0.385. The molecular weight excluding hydrogens is 228 g/mol. The third-order valence-electron chi connectivity index (χ3n) is 2.27. The minimum absolute atomic E-state index is 0.103. The van der Waals surface area contributed by atoms with E-state index in [1.807, 2.05) is 0 Å². The van der Waals surface area contributed by atoms with E-state index >= 15 is 0 Å². The third-order valence-corrected chi connectivity index (χ3v) is 2.62. The van der Waals surface area contributed by atoms with Crippen LogP contribution >= 0.6 is 11.6 Å². The molecule has 0 saturated carbocycles. The van der Waals surface area contributed by atoms with Crippen molar-refractivity contribution < 1.29 is 4.92 Å². The summed E-state index contributed by atoms with van der Waals surface area (Å²) in [6.07, 6.45) is 1.63. The molecule has 5 heteroatoms. The summed E-state index contributed by atoms with van der Waals surface area (Å²) >= 11 is 5.95. The van der Waals surface area contributed by atoms with Gasteiger partial charge in [0.1, 0.15) is 0 Å². The molecule has 0 radical (unpaired) electrons. The Morgan fingerprint density at radius 1 is 1.44 bits per heavy atom. The van der Waals surface area contributed by atoms with Gasteiger partial charge in [0.15, 0.2) is 0 Å². The number of hydrogen-bond donors (Lipinski definition) is 1. The van der Waals surface area contributed by atoms with Crippen LogP contribution in [0.1, 0.15) is 18.9 Å². The fraction of sp³-hybridized carbons (Fsp3) is 0.455. The second-order valence-corrected chi connectivity index (χ2v) is 3.90. The van der Waals surface area contributed by atoms with Crippen molar-refractivity contribution in [1.82, 2.24) is 5.32 Å². The van der Waals surface area contributed by atoms with E-state index in [9.17, 15) is 10.1 Å². The first-order valence-corrected chi connectivity index (χ1v) is 5.67. The first-order valence-electron chi connectivity index (χ1n) is 5.29. The molecule has 0 aromatic heterocycles. The van der Waals surface area contributed by atoms with Crippen LogP contribution in [0.15, 0.2) is 18.2 Å². The Kier molecular flexibility index (Phi) is 5.22. The standard InChI is InChI=1S/C11H15ClN2O2/c1-2-7-13-8-6-9-10(12)4-3-5-11(9)14(15)16/h3-5,13H,2,6-8H2,1H3. The fourth-order valence-corrected chi connectivity index (χ4v) is 1.75. The molecule has 4 nitrogen and oxygen atoms in total. The molecule has 1 rings (SSSR count). The minimum Gasteiger partial charge on any atom is -0.316 e. The predicted octanol–water partition coefficient (Wildman–Crippen LogP) is 2.79. The van der Waals surface area contributed by atoms with Gasteiger partial charge < -0.3 is 5.32 Å². The molecule has 0 aliphatic carbocycles. The summed E-state index contributed by atoms with van der Waals surface area (Å²) < 4.78 is 0. The zero-order valence-electron chi connectivity index (χ0n) is 9.20. The van der Waals surface area contributed by atoms with Crippen molar-refractivity contribution >= 4 is 17.3 Å². The molecule has 0 bridgehead atoms. The second kappa shape index (κ2) is 6.45. The van der Waals surface area contributed by atoms with E-state index in [0.29, 0.717) is 23.6 Å². The third kappa shape index (κ3) is 3.47. The Balaban J connectivity index is 2.73. The lowest BCUT2D eigenvalue weighted by Gasteiger charge is -2.06. The Morgan fingerprint density at radius 3 is 2.81 bits per heavy atom. The average molecular weight is 243 g/mol. The largest absolute Gasteiger partial charge is 0.316 e. The van der Waals surface area contributed by atoms with E-state index in [0.717, 1.165) is 13.0 Å². The van der Waals surface area contributed by atoms with Crippen molar-refractivity contribution in [1.29, 1.82) is 0 Å². The first kappa shape index (κ1) is 12.9. The van der Waals surface area contributed by atoms with Gasteiger partial charge in [-0.15, -0.1) is 0 Å². The van der Waals surface area contributed by atoms with Crippen LogP contribution in [0.5, 0.6) is 0 Å². The average Bonchev–Trinajstić information content (AvgIpc) is 2.25. The quantitative estimate of drug-likeness (QED) is 0.474. The van der Waals surface area contributed by atoms with Crippen LogP contribution in [0.2, 0.25) is 5.02 Å². The van der Waals surface area contributed by atoms with Gasteiger partial charge >= 0.3 is 0 Å². The molecule has 1 aromatic carbocycles. The van der Waals surface area contributed by atoms with E-state index in [-0.39, 0.29) is 10.6 Å². The highest BCUT2D eigenvalue weighted by Gasteiger charge is 2.15. The maximum Gasteiger partial charge on any atom is 0.274 e. The lowest BCUT2D eigenvalue weighted by atomic mass is 10.1. The van der Waals surface area contributed by atoms with E-state index in [1.165, 1.54) is 6.07 Å². The van der Waals surface area contributed by atoms with Crippen molar-refractivity contribution in [3.05, 3.63) is 38.9 Å². The van der Waals surface area contributed by atoms with Gasteiger partial charge in [-0.05, 0) is 32.0 Å². The molecule has 0 saturated heterocycles. The van der Waals surface area contributed by atoms with E-state index in [2.05, 4.69) is 12.2 Å². The minimum atomic E-state index is -0.388. The summed E-state index contributed by atoms with van der Waals surface area (Å²) in [4.78, 5) is 10.4. The Hall–Kier alpha value is -1.13. The number of halogens is 1. The van der Waals surface area contributed by atoms with Crippen molar-refractivity contribution in [2.75, 3.05) is 13.1 Å². The lowest BCUT2D eigenvalue weighted by Crippen LogP contribution is -2.18. The van der Waals surface area contributed by atoms with Gasteiger partial charge in [0, 0.05) is 11.6 Å². The highest BCUT2D eigenvalue weighted by molar-refractivity contribution is 6.31. The van der Waals surface area contributed by atoms with Crippen LogP contribution in [0.4, 0.5) is 5.69 Å². The van der Waals surface area contributed by atoms with Gasteiger partial charge in [-0.2, -0.15) is 0 Å². The van der Waals surface area contributed by atoms with Crippen LogP contribution in [0.3, 0.4) is 0 Å². The second-order valence-electron chi connectivity index (χ2n) is 3.49. The van der Waals surface area contributed by atoms with Crippen molar-refractivity contribution in [2.45, 2.75) is 19.8 Å². The number of rotatable bonds is 6. The Labute approximate surface area is 99.8 Å². The number of nitrogens with zero attached hydrogens (tertiary/aromatic N) is 1. The van der Waals surface area contributed by atoms with Gasteiger partial charge in [0.05, 0.1) is 9.95 Å². The molecule has 1 aromatic rings. The summed E-state index contributed by atoms with van der Waals surface area (Å²) in [6.45, 7) is 3.70. The first-order chi connectivity index (χ1) is 7.66. The molecule has 1 N–H and O–H groups in total. The van der Waals surface area contributed by atoms with Gasteiger partial charge in [-0.3, -0.25) is 10.1 Å². The number of nitro benzene ring substituents is 1. The molecule has 0 atom stereocenters. The molecule has 0 amide bonds. The molecule has 0 heterocycles. The summed E-state index contributed by atoms with van der Waals surface area (Å²) in [6, 6.07) is 4.77. The van der Waals surface area contributed by atoms with Gasteiger partial charge in [-0.1, -0.05) is 24.6 Å². The van der Waals surface area contributed by atoms with Crippen molar-refractivity contribution in [3.63, 3.8) is 0 Å². The number of nitro groups is 1. The molecule has 88 valence electrons. The highest BCUT2D eigenvalue weighted by Crippen LogP contribution is 2.26. The Morgan fingerprint density at radius 2 is 2.19 bits per heavy atom. The molecule has 0 spiro atoms. The van der Waals surface area contributed by atoms with Gasteiger partial charge in [-0.25, -0.2) is 0 Å². The number of benzene rings is 1. The van der Waals surface area contributed by atoms with E-state index in [4.69, 9.17) is 11.6 Å².